The van der Waals surface area contributed by atoms with Crippen molar-refractivity contribution < 1.29 is 9.90 Å². The molecule has 3 heterocycles. The molecule has 6 heteroatoms. The van der Waals surface area contributed by atoms with Crippen molar-refractivity contribution in [2.75, 3.05) is 0 Å². The van der Waals surface area contributed by atoms with Crippen molar-refractivity contribution in [2.45, 2.75) is 20.4 Å². The lowest BCUT2D eigenvalue weighted by atomic mass is 9.93. The molecule has 0 spiro atoms. The minimum Gasteiger partial charge on any atom is -0.478 e. The Hall–Kier alpha value is -3.80. The Kier molecular flexibility index (Phi) is 4.91. The highest BCUT2D eigenvalue weighted by molar-refractivity contribution is 6.02. The first-order valence-electron chi connectivity index (χ1n) is 9.36. The van der Waals surface area contributed by atoms with Crippen LogP contribution in [0.1, 0.15) is 18.1 Å². The molecule has 144 valence electrons. The summed E-state index contributed by atoms with van der Waals surface area (Å²) in [6.45, 7) is 4.68. The monoisotopic (exact) mass is 384 g/mol. The van der Waals surface area contributed by atoms with Crippen LogP contribution in [-0.4, -0.2) is 30.8 Å². The Morgan fingerprint density at radius 1 is 1.14 bits per heavy atom. The third-order valence-corrected chi connectivity index (χ3v) is 4.73. The molecule has 0 aliphatic carbocycles. The van der Waals surface area contributed by atoms with Crippen LogP contribution in [0, 0.1) is 6.92 Å². The van der Waals surface area contributed by atoms with Crippen molar-refractivity contribution in [3.63, 3.8) is 0 Å². The highest BCUT2D eigenvalue weighted by atomic mass is 16.4. The van der Waals surface area contributed by atoms with Crippen molar-refractivity contribution >= 4 is 23.1 Å². The summed E-state index contributed by atoms with van der Waals surface area (Å²) in [6, 6.07) is 11.8. The van der Waals surface area contributed by atoms with E-state index in [2.05, 4.69) is 10.1 Å². The minimum absolute atomic E-state index is 0.681. The molecule has 4 rings (SSSR count). The van der Waals surface area contributed by atoms with Crippen LogP contribution >= 0.6 is 0 Å². The zero-order valence-corrected chi connectivity index (χ0v) is 16.2. The lowest BCUT2D eigenvalue weighted by Gasteiger charge is -2.14. The molecule has 0 saturated carbocycles. The number of carboxylic acid groups (broad SMARTS) is 1. The van der Waals surface area contributed by atoms with Crippen molar-refractivity contribution in [3.8, 4) is 22.4 Å². The van der Waals surface area contributed by atoms with E-state index < -0.39 is 5.97 Å². The maximum atomic E-state index is 11.3. The molecule has 29 heavy (non-hydrogen) atoms. The smallest absolute Gasteiger partial charge is 0.328 e. The van der Waals surface area contributed by atoms with Gasteiger partial charge in [0.2, 0.25) is 0 Å². The second-order valence-electron chi connectivity index (χ2n) is 6.74. The summed E-state index contributed by atoms with van der Waals surface area (Å²) >= 11 is 0. The fraction of sp³-hybridized carbons (Fsp3) is 0.130. The molecular formula is C23H20N4O2. The molecule has 6 nitrogen and oxygen atoms in total. The zero-order chi connectivity index (χ0) is 20.4. The van der Waals surface area contributed by atoms with Gasteiger partial charge in [-0.1, -0.05) is 30.3 Å². The highest BCUT2D eigenvalue weighted by Crippen LogP contribution is 2.37. The number of fused-ring (bicyclic) bond motifs is 1. The van der Waals surface area contributed by atoms with E-state index >= 15 is 0 Å². The average Bonchev–Trinajstić information content (AvgIpc) is 3.14. The van der Waals surface area contributed by atoms with Gasteiger partial charge in [0.1, 0.15) is 0 Å². The van der Waals surface area contributed by atoms with E-state index in [1.807, 2.05) is 54.9 Å². The van der Waals surface area contributed by atoms with E-state index in [0.29, 0.717) is 12.2 Å². The number of hydrogen-bond acceptors (Lipinski definition) is 4. The number of rotatable bonds is 5. The standard InChI is InChI=1S/C23H20N4O2/c1-3-27-23-19(14-25-27)21(17-11-15(2)12-24-13-17)18(9-10-20(28)29)22(26-23)16-7-5-4-6-8-16/h4-14H,3H2,1-2H3,(H,28,29). The van der Waals surface area contributed by atoms with Gasteiger partial charge in [0, 0.05) is 52.7 Å². The molecule has 0 atom stereocenters. The third-order valence-electron chi connectivity index (χ3n) is 4.73. The molecule has 0 aliphatic heterocycles. The maximum absolute atomic E-state index is 11.3. The highest BCUT2D eigenvalue weighted by Gasteiger charge is 2.19. The van der Waals surface area contributed by atoms with Crippen LogP contribution in [0.3, 0.4) is 0 Å². The first-order valence-corrected chi connectivity index (χ1v) is 9.36. The Labute approximate surface area is 168 Å². The third kappa shape index (κ3) is 3.52. The predicted molar refractivity (Wildman–Crippen MR) is 113 cm³/mol. The number of aryl methyl sites for hydroxylation is 2. The van der Waals surface area contributed by atoms with Gasteiger partial charge in [0.25, 0.3) is 0 Å². The van der Waals surface area contributed by atoms with Crippen LogP contribution < -0.4 is 0 Å². The van der Waals surface area contributed by atoms with Crippen LogP contribution in [0.2, 0.25) is 0 Å². The summed E-state index contributed by atoms with van der Waals surface area (Å²) in [7, 11) is 0. The summed E-state index contributed by atoms with van der Waals surface area (Å²) in [6.07, 6.45) is 8.13. The number of aliphatic carboxylic acids is 1. The van der Waals surface area contributed by atoms with Crippen LogP contribution in [-0.2, 0) is 11.3 Å². The second kappa shape index (κ2) is 7.67. The number of pyridine rings is 2. The van der Waals surface area contributed by atoms with Gasteiger partial charge >= 0.3 is 5.97 Å². The lowest BCUT2D eigenvalue weighted by molar-refractivity contribution is -0.131. The molecule has 1 aromatic carbocycles. The van der Waals surface area contributed by atoms with E-state index in [0.717, 1.165) is 44.9 Å². The lowest BCUT2D eigenvalue weighted by Crippen LogP contribution is -2.01. The number of aromatic nitrogens is 4. The Bertz CT molecular complexity index is 1230. The van der Waals surface area contributed by atoms with Gasteiger partial charge in [-0.3, -0.25) is 4.98 Å². The SMILES string of the molecule is CCn1ncc2c(-c3cncc(C)c3)c(C=CC(=O)O)c(-c3ccccc3)nc21. The molecule has 0 bridgehead atoms. The van der Waals surface area contributed by atoms with Gasteiger partial charge in [0.15, 0.2) is 5.65 Å². The quantitative estimate of drug-likeness (QED) is 0.509. The maximum Gasteiger partial charge on any atom is 0.328 e. The second-order valence-corrected chi connectivity index (χ2v) is 6.74. The first kappa shape index (κ1) is 18.6. The molecule has 0 saturated heterocycles. The number of benzene rings is 1. The van der Waals surface area contributed by atoms with E-state index in [1.54, 1.807) is 24.7 Å². The molecule has 0 fully saturated rings. The van der Waals surface area contributed by atoms with Gasteiger partial charge in [-0.05, 0) is 31.6 Å². The molecule has 0 radical (unpaired) electrons. The summed E-state index contributed by atoms with van der Waals surface area (Å²) < 4.78 is 1.85. The fourth-order valence-corrected chi connectivity index (χ4v) is 3.47. The minimum atomic E-state index is -1.01. The molecule has 3 aromatic heterocycles. The van der Waals surface area contributed by atoms with E-state index in [1.165, 1.54) is 0 Å². The van der Waals surface area contributed by atoms with Crippen molar-refractivity contribution in [3.05, 3.63) is 72.2 Å². The number of hydrogen-bond donors (Lipinski definition) is 1. The Balaban J connectivity index is 2.15. The molecule has 1 N–H and O–H groups in total. The van der Waals surface area contributed by atoms with E-state index in [9.17, 15) is 9.90 Å². The molecule has 0 amide bonds. The topological polar surface area (TPSA) is 80.9 Å². The summed E-state index contributed by atoms with van der Waals surface area (Å²) in [5.74, 6) is -1.01. The molecule has 0 aliphatic rings. The Morgan fingerprint density at radius 3 is 2.62 bits per heavy atom. The van der Waals surface area contributed by atoms with Crippen molar-refractivity contribution in [1.82, 2.24) is 19.7 Å². The first-order chi connectivity index (χ1) is 14.1. The fourth-order valence-electron chi connectivity index (χ4n) is 3.47. The predicted octanol–water partition coefficient (Wildman–Crippen LogP) is 4.59. The van der Waals surface area contributed by atoms with Crippen LogP contribution in [0.5, 0.6) is 0 Å². The van der Waals surface area contributed by atoms with Gasteiger partial charge in [-0.2, -0.15) is 5.10 Å². The largest absolute Gasteiger partial charge is 0.478 e. The molecular weight excluding hydrogens is 364 g/mol. The van der Waals surface area contributed by atoms with Gasteiger partial charge < -0.3 is 5.11 Å². The summed E-state index contributed by atoms with van der Waals surface area (Å²) in [5, 5.41) is 14.6. The average molecular weight is 384 g/mol. The van der Waals surface area contributed by atoms with Crippen molar-refractivity contribution in [2.24, 2.45) is 0 Å². The van der Waals surface area contributed by atoms with E-state index in [-0.39, 0.29) is 0 Å². The molecule has 4 aromatic rings. The zero-order valence-electron chi connectivity index (χ0n) is 16.2. The number of nitrogens with zero attached hydrogens (tertiary/aromatic N) is 4. The van der Waals surface area contributed by atoms with Gasteiger partial charge in [0.05, 0.1) is 11.9 Å². The molecule has 0 unspecified atom stereocenters. The van der Waals surface area contributed by atoms with Crippen LogP contribution in [0.4, 0.5) is 0 Å². The Morgan fingerprint density at radius 2 is 1.93 bits per heavy atom. The normalized spacial score (nSPS) is 11.4. The summed E-state index contributed by atoms with van der Waals surface area (Å²) in [5.41, 5.74) is 5.90. The van der Waals surface area contributed by atoms with Crippen molar-refractivity contribution in [1.29, 1.82) is 0 Å². The number of carbonyl (C=O) groups is 1. The van der Waals surface area contributed by atoms with E-state index in [4.69, 9.17) is 4.98 Å². The van der Waals surface area contributed by atoms with Gasteiger partial charge in [-0.25, -0.2) is 14.5 Å². The summed E-state index contributed by atoms with van der Waals surface area (Å²) in [4.78, 5) is 20.5. The van der Waals surface area contributed by atoms with Gasteiger partial charge in [-0.15, -0.1) is 0 Å². The number of carboxylic acids is 1. The van der Waals surface area contributed by atoms with Crippen LogP contribution in [0.25, 0.3) is 39.5 Å². The van der Waals surface area contributed by atoms with Crippen LogP contribution in [0.15, 0.2) is 61.1 Å².